The minimum Gasteiger partial charge on any atom is -0.465 e. The number of carboxylic acid groups (broad SMARTS) is 1. The molecule has 0 aromatic carbocycles. The molecule has 1 aromatic heterocycles. The average molecular weight is 345 g/mol. The van der Waals surface area contributed by atoms with E-state index >= 15 is 0 Å². The van der Waals surface area contributed by atoms with Gasteiger partial charge in [-0.1, -0.05) is 23.4 Å². The van der Waals surface area contributed by atoms with Gasteiger partial charge in [0.2, 0.25) is 0 Å². The Bertz CT molecular complexity index is 583. The molecule has 2 aliphatic rings. The fourth-order valence-electron chi connectivity index (χ4n) is 2.81. The molecular formula is C14H17ClN2O4S. The smallest absolute Gasteiger partial charge is 0.407 e. The minimum absolute atomic E-state index is 0.0842. The first kappa shape index (κ1) is 15.9. The first-order chi connectivity index (χ1) is 10.3. The maximum absolute atomic E-state index is 11.3. The molecule has 2 atom stereocenters. The molecule has 3 heterocycles. The van der Waals surface area contributed by atoms with E-state index in [1.807, 2.05) is 19.9 Å². The molecule has 0 bridgehead atoms. The van der Waals surface area contributed by atoms with Crippen LogP contribution in [0, 0.1) is 0 Å². The first-order valence-corrected chi connectivity index (χ1v) is 8.16. The zero-order valence-electron chi connectivity index (χ0n) is 12.3. The van der Waals surface area contributed by atoms with Crippen LogP contribution >= 0.6 is 23.4 Å². The van der Waals surface area contributed by atoms with Crippen molar-refractivity contribution in [1.29, 1.82) is 0 Å². The molecular weight excluding hydrogens is 328 g/mol. The van der Waals surface area contributed by atoms with Gasteiger partial charge in [0.05, 0.1) is 28.5 Å². The lowest BCUT2D eigenvalue weighted by atomic mass is 10.0. The van der Waals surface area contributed by atoms with Gasteiger partial charge in [-0.15, -0.1) is 0 Å². The van der Waals surface area contributed by atoms with Gasteiger partial charge in [0.1, 0.15) is 5.60 Å². The summed E-state index contributed by atoms with van der Waals surface area (Å²) >= 11 is 7.35. The Morgan fingerprint density at radius 2 is 2.32 bits per heavy atom. The van der Waals surface area contributed by atoms with Gasteiger partial charge in [-0.3, -0.25) is 0 Å². The number of nitrogens with zero attached hydrogens (tertiary/aromatic N) is 2. The second-order valence-electron chi connectivity index (χ2n) is 5.94. The molecule has 2 saturated heterocycles. The number of aromatic nitrogens is 1. The molecule has 2 unspecified atom stereocenters. The Morgan fingerprint density at radius 3 is 2.86 bits per heavy atom. The summed E-state index contributed by atoms with van der Waals surface area (Å²) in [6, 6.07) is 3.59. The number of hydrogen-bond acceptors (Lipinski definition) is 5. The van der Waals surface area contributed by atoms with Crippen molar-refractivity contribution in [3.05, 3.63) is 23.4 Å². The predicted octanol–water partition coefficient (Wildman–Crippen LogP) is 2.71. The van der Waals surface area contributed by atoms with Gasteiger partial charge >= 0.3 is 6.09 Å². The molecule has 6 nitrogen and oxygen atoms in total. The summed E-state index contributed by atoms with van der Waals surface area (Å²) in [5.41, 5.74) is -0.645. The average Bonchev–Trinajstić information content (AvgIpc) is 2.94. The van der Waals surface area contributed by atoms with Gasteiger partial charge in [0, 0.05) is 12.7 Å². The predicted molar refractivity (Wildman–Crippen MR) is 82.3 cm³/mol. The highest BCUT2D eigenvalue weighted by atomic mass is 35.5. The van der Waals surface area contributed by atoms with Crippen molar-refractivity contribution in [3.63, 3.8) is 0 Å². The number of pyridine rings is 1. The van der Waals surface area contributed by atoms with Gasteiger partial charge < -0.3 is 19.5 Å². The van der Waals surface area contributed by atoms with Crippen molar-refractivity contribution >= 4 is 29.5 Å². The molecule has 1 aromatic rings. The van der Waals surface area contributed by atoms with Crippen molar-refractivity contribution in [1.82, 2.24) is 9.88 Å². The summed E-state index contributed by atoms with van der Waals surface area (Å²) in [7, 11) is 0. The van der Waals surface area contributed by atoms with Gasteiger partial charge in [0.25, 0.3) is 0 Å². The summed E-state index contributed by atoms with van der Waals surface area (Å²) in [6.45, 7) is 4.73. The second-order valence-corrected chi connectivity index (χ2v) is 7.60. The standard InChI is InChI=1S/C14H17ClN2O4S/c1-13(2)20-8-14(21-13)7-17(12(18)19)6-10(14)22-11-4-3-9(15)5-16-11/h3-5,10H,6-8H2,1-2H3,(H,18,19). The van der Waals surface area contributed by atoms with Gasteiger partial charge in [-0.2, -0.15) is 0 Å². The molecule has 1 spiro atoms. The van der Waals surface area contributed by atoms with Crippen LogP contribution < -0.4 is 0 Å². The number of thioether (sulfide) groups is 1. The number of ether oxygens (including phenoxy) is 2. The summed E-state index contributed by atoms with van der Waals surface area (Å²) in [4.78, 5) is 17.0. The molecule has 1 N–H and O–H groups in total. The largest absolute Gasteiger partial charge is 0.465 e. The van der Waals surface area contributed by atoms with E-state index in [1.165, 1.54) is 16.7 Å². The Balaban J connectivity index is 1.83. The number of likely N-dealkylation sites (tertiary alicyclic amines) is 1. The van der Waals surface area contributed by atoms with Crippen molar-refractivity contribution in [2.45, 2.75) is 35.5 Å². The van der Waals surface area contributed by atoms with Gasteiger partial charge in [0.15, 0.2) is 5.79 Å². The third kappa shape index (κ3) is 3.03. The van der Waals surface area contributed by atoms with Crippen molar-refractivity contribution in [2.24, 2.45) is 0 Å². The highest BCUT2D eigenvalue weighted by molar-refractivity contribution is 8.00. The van der Waals surface area contributed by atoms with E-state index in [-0.39, 0.29) is 5.25 Å². The van der Waals surface area contributed by atoms with E-state index in [2.05, 4.69) is 4.98 Å². The van der Waals surface area contributed by atoms with Crippen LogP contribution in [0.2, 0.25) is 5.02 Å². The van der Waals surface area contributed by atoms with Crippen molar-refractivity contribution in [2.75, 3.05) is 19.7 Å². The zero-order valence-corrected chi connectivity index (χ0v) is 13.9. The molecule has 0 aliphatic carbocycles. The Labute approximate surface area is 137 Å². The van der Waals surface area contributed by atoms with E-state index in [0.29, 0.717) is 24.7 Å². The molecule has 0 saturated carbocycles. The van der Waals surface area contributed by atoms with E-state index < -0.39 is 17.5 Å². The molecule has 2 aliphatic heterocycles. The summed E-state index contributed by atoms with van der Waals surface area (Å²) in [6.07, 6.45) is 0.635. The number of hydrogen-bond donors (Lipinski definition) is 1. The summed E-state index contributed by atoms with van der Waals surface area (Å²) in [5, 5.41) is 10.6. The lowest BCUT2D eigenvalue weighted by Gasteiger charge is -2.29. The van der Waals surface area contributed by atoms with Crippen LogP contribution in [0.4, 0.5) is 4.79 Å². The SMILES string of the molecule is CC1(C)OCC2(CN(C(=O)O)CC2Sc2ccc(Cl)cn2)O1. The van der Waals surface area contributed by atoms with Crippen LogP contribution in [0.3, 0.4) is 0 Å². The van der Waals surface area contributed by atoms with E-state index in [4.69, 9.17) is 21.1 Å². The lowest BCUT2D eigenvalue weighted by Crippen LogP contribution is -2.44. The number of carbonyl (C=O) groups is 1. The number of rotatable bonds is 2. The van der Waals surface area contributed by atoms with Crippen LogP contribution in [-0.2, 0) is 9.47 Å². The van der Waals surface area contributed by atoms with E-state index in [1.54, 1.807) is 12.3 Å². The second kappa shape index (κ2) is 5.56. The van der Waals surface area contributed by atoms with Gasteiger partial charge in [-0.25, -0.2) is 9.78 Å². The fourth-order valence-corrected chi connectivity index (χ4v) is 4.13. The fraction of sp³-hybridized carbons (Fsp3) is 0.571. The molecule has 3 rings (SSSR count). The molecule has 1 amide bonds. The van der Waals surface area contributed by atoms with Crippen LogP contribution in [0.25, 0.3) is 0 Å². The molecule has 0 radical (unpaired) electrons. The summed E-state index contributed by atoms with van der Waals surface area (Å²) in [5.74, 6) is -0.708. The van der Waals surface area contributed by atoms with Crippen LogP contribution in [0.1, 0.15) is 13.8 Å². The Hall–Kier alpha value is -1.02. The Morgan fingerprint density at radius 1 is 1.55 bits per heavy atom. The molecule has 22 heavy (non-hydrogen) atoms. The molecule has 8 heteroatoms. The van der Waals surface area contributed by atoms with Crippen molar-refractivity contribution in [3.8, 4) is 0 Å². The zero-order chi connectivity index (χ0) is 16.0. The maximum atomic E-state index is 11.3. The van der Waals surface area contributed by atoms with Crippen LogP contribution in [0.15, 0.2) is 23.4 Å². The quantitative estimate of drug-likeness (QED) is 0.889. The summed E-state index contributed by atoms with van der Waals surface area (Å²) < 4.78 is 11.8. The van der Waals surface area contributed by atoms with Gasteiger partial charge in [-0.05, 0) is 26.0 Å². The lowest BCUT2D eigenvalue weighted by molar-refractivity contribution is -0.156. The highest BCUT2D eigenvalue weighted by Gasteiger charge is 2.57. The minimum atomic E-state index is -0.945. The topological polar surface area (TPSA) is 71.9 Å². The number of halogens is 1. The Kier molecular flexibility index (Phi) is 4.01. The van der Waals surface area contributed by atoms with E-state index in [9.17, 15) is 9.90 Å². The first-order valence-electron chi connectivity index (χ1n) is 6.90. The molecule has 2 fully saturated rings. The number of amides is 1. The van der Waals surface area contributed by atoms with E-state index in [0.717, 1.165) is 5.03 Å². The third-order valence-corrected chi connectivity index (χ3v) is 5.35. The third-order valence-electron chi connectivity index (χ3n) is 3.78. The maximum Gasteiger partial charge on any atom is 0.407 e. The normalized spacial score (nSPS) is 30.1. The monoisotopic (exact) mass is 344 g/mol. The highest BCUT2D eigenvalue weighted by Crippen LogP contribution is 2.44. The molecule has 120 valence electrons. The van der Waals surface area contributed by atoms with Crippen molar-refractivity contribution < 1.29 is 19.4 Å². The van der Waals surface area contributed by atoms with Crippen LogP contribution in [0.5, 0.6) is 0 Å². The van der Waals surface area contributed by atoms with Crippen LogP contribution in [-0.4, -0.2) is 57.4 Å².